The predicted octanol–water partition coefficient (Wildman–Crippen LogP) is 1.51. The van der Waals surface area contributed by atoms with Crippen LogP contribution < -0.4 is 10.1 Å². The Kier molecular flexibility index (Phi) is 5.80. The average Bonchev–Trinajstić information content (AvgIpc) is 2.32. The quantitative estimate of drug-likeness (QED) is 0.675. The van der Waals surface area contributed by atoms with Gasteiger partial charge in [-0.05, 0) is 37.1 Å². The molecule has 1 unspecified atom stereocenters. The summed E-state index contributed by atoms with van der Waals surface area (Å²) in [4.78, 5) is 0. The summed E-state index contributed by atoms with van der Waals surface area (Å²) in [6, 6.07) is 5.18. The monoisotopic (exact) mass is 239 g/mol. The van der Waals surface area contributed by atoms with Gasteiger partial charge in [-0.2, -0.15) is 0 Å². The molecule has 0 fully saturated rings. The number of aromatic hydroxyl groups is 1. The summed E-state index contributed by atoms with van der Waals surface area (Å²) in [5.41, 5.74) is 0.820. The van der Waals surface area contributed by atoms with Crippen LogP contribution in [0.5, 0.6) is 11.5 Å². The Hall–Kier alpha value is -1.26. The second-order valence-corrected chi connectivity index (χ2v) is 4.24. The molecular formula is C13H21NO3. The minimum absolute atomic E-state index is 0.216. The molecule has 1 atom stereocenters. The topological polar surface area (TPSA) is 61.7 Å². The number of nitrogens with one attached hydrogen (secondary N) is 1. The molecule has 3 N–H and O–H groups in total. The highest BCUT2D eigenvalue weighted by molar-refractivity contribution is 5.39. The van der Waals surface area contributed by atoms with Crippen LogP contribution in [0.2, 0.25) is 0 Å². The Morgan fingerprint density at radius 3 is 2.82 bits per heavy atom. The first kappa shape index (κ1) is 13.8. The molecule has 96 valence electrons. The second-order valence-electron chi connectivity index (χ2n) is 4.24. The van der Waals surface area contributed by atoms with Crippen molar-refractivity contribution >= 4 is 0 Å². The highest BCUT2D eigenvalue weighted by atomic mass is 16.5. The number of hydrogen-bond donors (Lipinski definition) is 3. The molecule has 0 aliphatic heterocycles. The normalized spacial score (nSPS) is 12.4. The maximum Gasteiger partial charge on any atom is 0.120 e. The zero-order valence-electron chi connectivity index (χ0n) is 10.4. The van der Waals surface area contributed by atoms with Crippen LogP contribution in [0, 0.1) is 5.92 Å². The number of methoxy groups -OCH3 is 1. The second kappa shape index (κ2) is 7.14. The molecule has 4 nitrogen and oxygen atoms in total. The molecule has 4 heteroatoms. The van der Waals surface area contributed by atoms with E-state index in [-0.39, 0.29) is 12.4 Å². The van der Waals surface area contributed by atoms with Crippen LogP contribution in [0.3, 0.4) is 0 Å². The zero-order chi connectivity index (χ0) is 12.7. The average molecular weight is 239 g/mol. The van der Waals surface area contributed by atoms with E-state index in [1.54, 1.807) is 19.2 Å². The van der Waals surface area contributed by atoms with Gasteiger partial charge in [-0.1, -0.05) is 6.92 Å². The van der Waals surface area contributed by atoms with Gasteiger partial charge in [0.25, 0.3) is 0 Å². The fraction of sp³-hybridized carbons (Fsp3) is 0.538. The van der Waals surface area contributed by atoms with Crippen molar-refractivity contribution in [3.8, 4) is 11.5 Å². The number of rotatable bonds is 7. The summed E-state index contributed by atoms with van der Waals surface area (Å²) in [5.74, 6) is 1.43. The molecule has 0 spiro atoms. The lowest BCUT2D eigenvalue weighted by Gasteiger charge is -2.12. The molecule has 0 saturated carbocycles. The van der Waals surface area contributed by atoms with Gasteiger partial charge in [0.15, 0.2) is 0 Å². The molecule has 0 heterocycles. The molecule has 0 aromatic heterocycles. The molecule has 0 radical (unpaired) electrons. The van der Waals surface area contributed by atoms with Crippen molar-refractivity contribution in [2.45, 2.75) is 19.9 Å². The number of hydrogen-bond acceptors (Lipinski definition) is 4. The van der Waals surface area contributed by atoms with Crippen molar-refractivity contribution in [2.75, 3.05) is 20.3 Å². The van der Waals surface area contributed by atoms with E-state index in [1.165, 1.54) is 0 Å². The molecule has 0 bridgehead atoms. The molecule has 1 aromatic rings. The third-order valence-electron chi connectivity index (χ3n) is 2.72. The first-order chi connectivity index (χ1) is 8.17. The van der Waals surface area contributed by atoms with Gasteiger partial charge < -0.3 is 20.3 Å². The molecule has 0 amide bonds. The van der Waals surface area contributed by atoms with Gasteiger partial charge in [-0.3, -0.25) is 0 Å². The fourth-order valence-corrected chi connectivity index (χ4v) is 1.61. The van der Waals surface area contributed by atoms with Gasteiger partial charge in [-0.25, -0.2) is 0 Å². The molecular weight excluding hydrogens is 218 g/mol. The van der Waals surface area contributed by atoms with Crippen LogP contribution in [0.1, 0.15) is 18.9 Å². The standard InChI is InChI=1S/C13H21NO3/c1-10(5-6-15)8-14-9-11-7-12(17-2)3-4-13(11)16/h3-4,7,10,14-16H,5-6,8-9H2,1-2H3. The Bertz CT molecular complexity index is 341. The van der Waals surface area contributed by atoms with E-state index in [1.807, 2.05) is 6.07 Å². The lowest BCUT2D eigenvalue weighted by molar-refractivity contribution is 0.260. The number of benzene rings is 1. The van der Waals surface area contributed by atoms with Gasteiger partial charge >= 0.3 is 0 Å². The van der Waals surface area contributed by atoms with Crippen LogP contribution in [0.4, 0.5) is 0 Å². The van der Waals surface area contributed by atoms with Crippen molar-refractivity contribution in [1.29, 1.82) is 0 Å². The van der Waals surface area contributed by atoms with Gasteiger partial charge in [0.1, 0.15) is 11.5 Å². The van der Waals surface area contributed by atoms with E-state index in [4.69, 9.17) is 9.84 Å². The third-order valence-corrected chi connectivity index (χ3v) is 2.72. The summed E-state index contributed by atoms with van der Waals surface area (Å²) in [6.45, 7) is 3.71. The fourth-order valence-electron chi connectivity index (χ4n) is 1.61. The molecule has 0 aliphatic rings. The SMILES string of the molecule is COc1ccc(O)c(CNCC(C)CCO)c1. The summed E-state index contributed by atoms with van der Waals surface area (Å²) in [5, 5.41) is 21.7. The van der Waals surface area contributed by atoms with E-state index in [0.717, 1.165) is 24.3 Å². The highest BCUT2D eigenvalue weighted by Gasteiger charge is 2.04. The Morgan fingerprint density at radius 1 is 1.41 bits per heavy atom. The maximum absolute atomic E-state index is 9.66. The van der Waals surface area contributed by atoms with E-state index in [2.05, 4.69) is 12.2 Å². The summed E-state index contributed by atoms with van der Waals surface area (Å²) < 4.78 is 5.10. The molecule has 17 heavy (non-hydrogen) atoms. The first-order valence-corrected chi connectivity index (χ1v) is 5.84. The van der Waals surface area contributed by atoms with Crippen molar-refractivity contribution < 1.29 is 14.9 Å². The van der Waals surface area contributed by atoms with Crippen molar-refractivity contribution in [2.24, 2.45) is 5.92 Å². The Labute approximate surface area is 102 Å². The van der Waals surface area contributed by atoms with E-state index >= 15 is 0 Å². The zero-order valence-corrected chi connectivity index (χ0v) is 10.4. The van der Waals surface area contributed by atoms with Gasteiger partial charge in [0.05, 0.1) is 7.11 Å². The molecule has 0 aliphatic carbocycles. The van der Waals surface area contributed by atoms with Crippen molar-refractivity contribution in [3.05, 3.63) is 23.8 Å². The lowest BCUT2D eigenvalue weighted by Crippen LogP contribution is -2.21. The number of aliphatic hydroxyl groups excluding tert-OH is 1. The predicted molar refractivity (Wildman–Crippen MR) is 67.2 cm³/mol. The van der Waals surface area contributed by atoms with E-state index in [9.17, 15) is 5.11 Å². The minimum Gasteiger partial charge on any atom is -0.508 e. The van der Waals surface area contributed by atoms with Crippen molar-refractivity contribution in [1.82, 2.24) is 5.32 Å². The van der Waals surface area contributed by atoms with Gasteiger partial charge in [-0.15, -0.1) is 0 Å². The number of phenols is 1. The van der Waals surface area contributed by atoms with Crippen LogP contribution in [0.15, 0.2) is 18.2 Å². The van der Waals surface area contributed by atoms with Crippen LogP contribution in [-0.2, 0) is 6.54 Å². The first-order valence-electron chi connectivity index (χ1n) is 5.84. The Morgan fingerprint density at radius 2 is 2.18 bits per heavy atom. The van der Waals surface area contributed by atoms with Gasteiger partial charge in [0, 0.05) is 18.7 Å². The smallest absolute Gasteiger partial charge is 0.120 e. The van der Waals surface area contributed by atoms with Crippen molar-refractivity contribution in [3.63, 3.8) is 0 Å². The molecule has 1 rings (SSSR count). The largest absolute Gasteiger partial charge is 0.508 e. The van der Waals surface area contributed by atoms with Crippen LogP contribution in [0.25, 0.3) is 0 Å². The minimum atomic E-state index is 0.216. The molecule has 0 saturated heterocycles. The Balaban J connectivity index is 2.45. The van der Waals surface area contributed by atoms with Crippen LogP contribution in [-0.4, -0.2) is 30.5 Å². The summed E-state index contributed by atoms with van der Waals surface area (Å²) in [6.07, 6.45) is 0.789. The highest BCUT2D eigenvalue weighted by Crippen LogP contribution is 2.22. The molecule has 1 aromatic carbocycles. The number of aliphatic hydroxyl groups is 1. The summed E-state index contributed by atoms with van der Waals surface area (Å²) >= 11 is 0. The van der Waals surface area contributed by atoms with E-state index in [0.29, 0.717) is 12.5 Å². The summed E-state index contributed by atoms with van der Waals surface area (Å²) in [7, 11) is 1.60. The third kappa shape index (κ3) is 4.63. The van der Waals surface area contributed by atoms with E-state index < -0.39 is 0 Å². The number of phenolic OH excluding ortho intramolecular Hbond substituents is 1. The maximum atomic E-state index is 9.66. The lowest BCUT2D eigenvalue weighted by atomic mass is 10.1. The number of ether oxygens (including phenoxy) is 1. The van der Waals surface area contributed by atoms with Gasteiger partial charge in [0.2, 0.25) is 0 Å². The van der Waals surface area contributed by atoms with Crippen LogP contribution >= 0.6 is 0 Å².